The summed E-state index contributed by atoms with van der Waals surface area (Å²) < 4.78 is 46.6. The molecular formula is C21H25ClFN3O3S. The van der Waals surface area contributed by atoms with Crippen molar-refractivity contribution in [2.45, 2.75) is 42.7 Å². The van der Waals surface area contributed by atoms with E-state index in [1.807, 2.05) is 12.1 Å². The molecule has 0 aliphatic carbocycles. The Balaban J connectivity index is 1.29. The molecular weight excluding hydrogens is 429 g/mol. The minimum absolute atomic E-state index is 0.0430. The number of hydrogen-bond acceptors (Lipinski definition) is 5. The molecule has 30 heavy (non-hydrogen) atoms. The van der Waals surface area contributed by atoms with E-state index in [9.17, 15) is 12.8 Å². The van der Waals surface area contributed by atoms with Gasteiger partial charge in [-0.1, -0.05) is 11.6 Å². The van der Waals surface area contributed by atoms with Gasteiger partial charge in [0.25, 0.3) is 0 Å². The monoisotopic (exact) mass is 453 g/mol. The maximum absolute atomic E-state index is 13.4. The first kappa shape index (κ1) is 21.5. The van der Waals surface area contributed by atoms with Gasteiger partial charge in [-0.3, -0.25) is 4.98 Å². The molecule has 0 unspecified atom stereocenters. The Morgan fingerprint density at radius 1 is 1.00 bits per heavy atom. The Kier molecular flexibility index (Phi) is 6.57. The van der Waals surface area contributed by atoms with Gasteiger partial charge in [-0.25, -0.2) is 12.8 Å². The highest BCUT2D eigenvalue weighted by Gasteiger charge is 2.33. The number of aromatic nitrogens is 1. The molecule has 2 aromatic rings. The number of halogens is 2. The Hall–Kier alpha value is -1.74. The van der Waals surface area contributed by atoms with Gasteiger partial charge in [-0.05, 0) is 56.0 Å². The smallest absolute Gasteiger partial charge is 0.243 e. The van der Waals surface area contributed by atoms with Gasteiger partial charge >= 0.3 is 0 Å². The van der Waals surface area contributed by atoms with Gasteiger partial charge in [-0.15, -0.1) is 0 Å². The maximum Gasteiger partial charge on any atom is 0.243 e. The first-order valence-corrected chi connectivity index (χ1v) is 12.0. The number of piperidine rings is 2. The van der Waals surface area contributed by atoms with Gasteiger partial charge in [0, 0.05) is 44.6 Å². The molecule has 2 aliphatic heterocycles. The Bertz CT molecular complexity index is 961. The fraction of sp³-hybridized carbons (Fsp3) is 0.476. The number of nitrogens with zero attached hydrogens (tertiary/aromatic N) is 3. The van der Waals surface area contributed by atoms with Crippen LogP contribution in [0.25, 0.3) is 0 Å². The van der Waals surface area contributed by atoms with E-state index in [1.54, 1.807) is 12.4 Å². The number of rotatable bonds is 5. The van der Waals surface area contributed by atoms with Crippen molar-refractivity contribution in [3.05, 3.63) is 53.6 Å². The van der Waals surface area contributed by atoms with Crippen LogP contribution < -0.4 is 4.74 Å². The average Bonchev–Trinajstić information content (AvgIpc) is 2.77. The number of benzene rings is 1. The quantitative estimate of drug-likeness (QED) is 0.692. The van der Waals surface area contributed by atoms with Crippen molar-refractivity contribution in [1.82, 2.24) is 14.2 Å². The topological polar surface area (TPSA) is 62.7 Å². The normalized spacial score (nSPS) is 20.3. The molecule has 0 spiro atoms. The van der Waals surface area contributed by atoms with E-state index in [0.717, 1.165) is 50.6 Å². The van der Waals surface area contributed by atoms with Crippen LogP contribution in [0.3, 0.4) is 0 Å². The van der Waals surface area contributed by atoms with Crippen LogP contribution in [0.15, 0.2) is 47.6 Å². The molecule has 6 nitrogen and oxygen atoms in total. The van der Waals surface area contributed by atoms with Crippen LogP contribution in [0.4, 0.5) is 4.39 Å². The molecule has 4 rings (SSSR count). The highest BCUT2D eigenvalue weighted by atomic mass is 35.5. The van der Waals surface area contributed by atoms with E-state index in [-0.39, 0.29) is 16.0 Å². The van der Waals surface area contributed by atoms with Crippen molar-refractivity contribution in [2.24, 2.45) is 0 Å². The number of pyridine rings is 1. The summed E-state index contributed by atoms with van der Waals surface area (Å²) in [7, 11) is -3.66. The highest BCUT2D eigenvalue weighted by Crippen LogP contribution is 2.28. The third-order valence-corrected chi connectivity index (χ3v) is 8.08. The van der Waals surface area contributed by atoms with Crippen molar-refractivity contribution in [3.63, 3.8) is 0 Å². The third kappa shape index (κ3) is 4.77. The number of sulfonamides is 1. The molecule has 2 fully saturated rings. The summed E-state index contributed by atoms with van der Waals surface area (Å²) in [5, 5.41) is -0.178. The fourth-order valence-corrected chi connectivity index (χ4v) is 5.94. The highest BCUT2D eigenvalue weighted by molar-refractivity contribution is 7.89. The number of ether oxygens (including phenoxy) is 1. The summed E-state index contributed by atoms with van der Waals surface area (Å²) in [5.74, 6) is 0.230. The minimum atomic E-state index is -3.66. The summed E-state index contributed by atoms with van der Waals surface area (Å²) in [6.45, 7) is 2.80. The molecule has 0 amide bonds. The Morgan fingerprint density at radius 2 is 1.67 bits per heavy atom. The molecule has 1 aromatic heterocycles. The summed E-state index contributed by atoms with van der Waals surface area (Å²) in [5.41, 5.74) is 0. The Labute approximate surface area is 181 Å². The van der Waals surface area contributed by atoms with Gasteiger partial charge in [0.1, 0.15) is 17.7 Å². The molecule has 0 N–H and O–H groups in total. The summed E-state index contributed by atoms with van der Waals surface area (Å²) in [6.07, 6.45) is 7.13. The molecule has 162 valence electrons. The van der Waals surface area contributed by atoms with Gasteiger partial charge in [0.15, 0.2) is 0 Å². The predicted octanol–water partition coefficient (Wildman–Crippen LogP) is 3.57. The lowest BCUT2D eigenvalue weighted by molar-refractivity contribution is 0.0585. The van der Waals surface area contributed by atoms with Crippen molar-refractivity contribution in [3.8, 4) is 5.75 Å². The van der Waals surface area contributed by atoms with E-state index in [1.165, 1.54) is 16.4 Å². The Morgan fingerprint density at radius 3 is 2.30 bits per heavy atom. The standard InChI is InChI=1S/C21H25ClFN3O3S/c22-20-15-19(1-2-21(20)23)30(27,28)26-13-5-16(6-14-26)25-11-7-18(8-12-25)29-17-3-9-24-10-4-17/h1-4,9-10,15-16,18H,5-8,11-14H2. The molecule has 9 heteroatoms. The van der Waals surface area contributed by atoms with Crippen LogP contribution in [0.1, 0.15) is 25.7 Å². The second kappa shape index (κ2) is 9.18. The molecule has 1 aromatic carbocycles. The molecule has 0 saturated carbocycles. The van der Waals surface area contributed by atoms with E-state index < -0.39 is 15.8 Å². The molecule has 0 atom stereocenters. The van der Waals surface area contributed by atoms with E-state index in [0.29, 0.717) is 19.1 Å². The third-order valence-electron chi connectivity index (χ3n) is 5.90. The lowest BCUT2D eigenvalue weighted by Crippen LogP contribution is -2.50. The van der Waals surface area contributed by atoms with E-state index in [4.69, 9.17) is 16.3 Å². The zero-order chi connectivity index (χ0) is 21.1. The maximum atomic E-state index is 13.4. The van der Waals surface area contributed by atoms with Gasteiger partial charge in [0.2, 0.25) is 10.0 Å². The fourth-order valence-electron chi connectivity index (χ4n) is 4.20. The van der Waals surface area contributed by atoms with Crippen LogP contribution in [0.2, 0.25) is 5.02 Å². The predicted molar refractivity (Wildman–Crippen MR) is 113 cm³/mol. The molecule has 0 bridgehead atoms. The van der Waals surface area contributed by atoms with Crippen LogP contribution in [0, 0.1) is 5.82 Å². The van der Waals surface area contributed by atoms with Gasteiger partial charge in [-0.2, -0.15) is 4.31 Å². The first-order valence-electron chi connectivity index (χ1n) is 10.2. The second-order valence-electron chi connectivity index (χ2n) is 7.75. The minimum Gasteiger partial charge on any atom is -0.490 e. The van der Waals surface area contributed by atoms with Crippen LogP contribution in [0.5, 0.6) is 5.75 Å². The molecule has 2 saturated heterocycles. The zero-order valence-electron chi connectivity index (χ0n) is 16.6. The zero-order valence-corrected chi connectivity index (χ0v) is 18.2. The van der Waals surface area contributed by atoms with E-state index >= 15 is 0 Å². The summed E-state index contributed by atoms with van der Waals surface area (Å²) in [6, 6.07) is 7.67. The van der Waals surface area contributed by atoms with Crippen molar-refractivity contribution in [1.29, 1.82) is 0 Å². The van der Waals surface area contributed by atoms with Gasteiger partial charge in [0.05, 0.1) is 9.92 Å². The SMILES string of the molecule is O=S(=O)(c1ccc(F)c(Cl)c1)N1CCC(N2CCC(Oc3ccncc3)CC2)CC1. The largest absolute Gasteiger partial charge is 0.490 e. The molecule has 0 radical (unpaired) electrons. The lowest BCUT2D eigenvalue weighted by atomic mass is 10.00. The molecule has 3 heterocycles. The summed E-state index contributed by atoms with van der Waals surface area (Å²) in [4.78, 5) is 6.50. The number of hydrogen-bond donors (Lipinski definition) is 0. The lowest BCUT2D eigenvalue weighted by Gasteiger charge is -2.41. The number of likely N-dealkylation sites (tertiary alicyclic amines) is 1. The van der Waals surface area contributed by atoms with E-state index in [2.05, 4.69) is 9.88 Å². The average molecular weight is 454 g/mol. The van der Waals surface area contributed by atoms with Crippen molar-refractivity contribution in [2.75, 3.05) is 26.2 Å². The van der Waals surface area contributed by atoms with Crippen molar-refractivity contribution >= 4 is 21.6 Å². The summed E-state index contributed by atoms with van der Waals surface area (Å²) >= 11 is 5.77. The van der Waals surface area contributed by atoms with Crippen LogP contribution >= 0.6 is 11.6 Å². The van der Waals surface area contributed by atoms with Crippen LogP contribution in [-0.2, 0) is 10.0 Å². The van der Waals surface area contributed by atoms with Crippen LogP contribution in [-0.4, -0.2) is 60.9 Å². The molecule has 2 aliphatic rings. The van der Waals surface area contributed by atoms with Crippen molar-refractivity contribution < 1.29 is 17.5 Å². The first-order chi connectivity index (χ1) is 14.4. The van der Waals surface area contributed by atoms with Gasteiger partial charge < -0.3 is 9.64 Å². The second-order valence-corrected chi connectivity index (χ2v) is 10.1.